The van der Waals surface area contributed by atoms with Crippen LogP contribution in [0, 0.1) is 29.6 Å². The van der Waals surface area contributed by atoms with Crippen LogP contribution in [0.25, 0.3) is 0 Å². The van der Waals surface area contributed by atoms with Crippen LogP contribution in [0.1, 0.15) is 0 Å². The third kappa shape index (κ3) is 34.9. The fraction of sp³-hybridized carbons (Fsp3) is 0.643. The summed E-state index contributed by atoms with van der Waals surface area (Å²) < 4.78 is 47.4. The van der Waals surface area contributed by atoms with Gasteiger partial charge in [0.2, 0.25) is 0 Å². The van der Waals surface area contributed by atoms with Crippen LogP contribution in [-0.2, 0) is 19.5 Å². The van der Waals surface area contributed by atoms with Crippen LogP contribution in [0.15, 0.2) is 0 Å². The monoisotopic (exact) mass is 481 g/mol. The van der Waals surface area contributed by atoms with Crippen molar-refractivity contribution >= 4 is 23.8 Å². The zero-order chi connectivity index (χ0) is 18.5. The van der Waals surface area contributed by atoms with E-state index < -0.39 is 23.5 Å². The topological polar surface area (TPSA) is 12.9 Å². The zero-order valence-corrected chi connectivity index (χ0v) is 19.5. The van der Waals surface area contributed by atoms with Crippen molar-refractivity contribution in [2.45, 2.75) is 0 Å². The summed E-state index contributed by atoms with van der Waals surface area (Å²) in [5, 5.41) is 0. The minimum Gasteiger partial charge on any atom is -0.319 e. The van der Waals surface area contributed by atoms with E-state index in [4.69, 9.17) is 0 Å². The Kier molecular flexibility index (Phi) is 26.2. The molecular formula is C14H27F4NP3Rh-. The average Bonchev–Trinajstić information content (AvgIpc) is 2.24. The molecule has 0 atom stereocenters. The molecule has 0 aromatic carbocycles. The molecule has 0 saturated heterocycles. The van der Waals surface area contributed by atoms with Gasteiger partial charge in [-0.05, 0) is 60.0 Å². The maximum Gasteiger partial charge on any atom is 0.133 e. The number of rotatable bonds is 0. The van der Waals surface area contributed by atoms with Crippen molar-refractivity contribution in [1.29, 1.82) is 0 Å². The second kappa shape index (κ2) is 19.1. The van der Waals surface area contributed by atoms with Crippen molar-refractivity contribution in [1.82, 2.24) is 4.98 Å². The van der Waals surface area contributed by atoms with E-state index in [0.29, 0.717) is 23.8 Å². The summed E-state index contributed by atoms with van der Waals surface area (Å²) in [5.41, 5.74) is 0. The van der Waals surface area contributed by atoms with Gasteiger partial charge >= 0.3 is 0 Å². The largest absolute Gasteiger partial charge is 0.319 e. The second-order valence-corrected chi connectivity index (χ2v) is 13.5. The van der Waals surface area contributed by atoms with Crippen LogP contribution in [0.2, 0.25) is 0 Å². The molecule has 1 nitrogen and oxygen atoms in total. The van der Waals surface area contributed by atoms with Gasteiger partial charge in [-0.1, -0.05) is 6.07 Å². The Labute approximate surface area is 155 Å². The molecule has 0 spiro atoms. The molecule has 23 heavy (non-hydrogen) atoms. The Balaban J connectivity index is -0.000000118. The van der Waals surface area contributed by atoms with Gasteiger partial charge in [0.1, 0.15) is 11.9 Å². The SMILES string of the molecule is CP(C)C.CP(C)C.CP(C)C.Fc1[c-]c(F)c(F)nc1F.[Rh]. The quantitative estimate of drug-likeness (QED) is 0.157. The van der Waals surface area contributed by atoms with Gasteiger partial charge in [0.15, 0.2) is 0 Å². The molecular weight excluding hydrogens is 454 g/mol. The molecule has 1 rings (SSSR count). The summed E-state index contributed by atoms with van der Waals surface area (Å²) in [6.07, 6.45) is 0. The molecule has 0 amide bonds. The van der Waals surface area contributed by atoms with E-state index in [0.717, 1.165) is 6.07 Å². The van der Waals surface area contributed by atoms with E-state index in [1.165, 1.54) is 0 Å². The maximum absolute atomic E-state index is 11.9. The number of aromatic nitrogens is 1. The van der Waals surface area contributed by atoms with Crippen LogP contribution < -0.4 is 0 Å². The first-order valence-corrected chi connectivity index (χ1v) is 14.3. The van der Waals surface area contributed by atoms with E-state index in [9.17, 15) is 17.6 Å². The van der Waals surface area contributed by atoms with Crippen molar-refractivity contribution in [3.63, 3.8) is 0 Å². The maximum atomic E-state index is 11.9. The third-order valence-corrected chi connectivity index (χ3v) is 0.778. The number of nitrogens with zero attached hydrogens (tertiary/aromatic N) is 1. The minimum absolute atomic E-state index is 0. The second-order valence-electron chi connectivity index (χ2n) is 5.47. The molecule has 0 unspecified atom stereocenters. The van der Waals surface area contributed by atoms with Crippen molar-refractivity contribution in [2.75, 3.05) is 60.0 Å². The van der Waals surface area contributed by atoms with Gasteiger partial charge in [0.25, 0.3) is 0 Å². The van der Waals surface area contributed by atoms with Crippen molar-refractivity contribution in [3.8, 4) is 0 Å². The molecule has 9 heteroatoms. The smallest absolute Gasteiger partial charge is 0.133 e. The van der Waals surface area contributed by atoms with Gasteiger partial charge in [-0.15, -0.1) is 23.8 Å². The summed E-state index contributed by atoms with van der Waals surface area (Å²) >= 11 is 0. The first-order valence-electron chi connectivity index (χ1n) is 6.23. The summed E-state index contributed by atoms with van der Waals surface area (Å²) in [7, 11) is 1.14. The summed E-state index contributed by atoms with van der Waals surface area (Å²) in [6.45, 7) is 20.1. The molecule has 0 fully saturated rings. The summed E-state index contributed by atoms with van der Waals surface area (Å²) in [6, 6.07) is 1.16. The fourth-order valence-corrected chi connectivity index (χ4v) is 0.384. The van der Waals surface area contributed by atoms with Crippen LogP contribution >= 0.6 is 23.8 Å². The van der Waals surface area contributed by atoms with E-state index in [2.05, 4.69) is 65.0 Å². The average molecular weight is 481 g/mol. The van der Waals surface area contributed by atoms with Gasteiger partial charge in [0, 0.05) is 19.5 Å². The first kappa shape index (κ1) is 31.5. The number of halogens is 4. The molecule has 1 aromatic heterocycles. The Hall–Kier alpha value is 0.783. The molecule has 0 aliphatic heterocycles. The molecule has 0 saturated carbocycles. The summed E-state index contributed by atoms with van der Waals surface area (Å²) in [5.74, 6) is -6.64. The van der Waals surface area contributed by atoms with Crippen LogP contribution in [-0.4, -0.2) is 65.0 Å². The predicted octanol–water partition coefficient (Wildman–Crippen LogP) is 5.51. The van der Waals surface area contributed by atoms with Gasteiger partial charge in [-0.25, -0.2) is 8.78 Å². The standard InChI is InChI=1S/C5F4N.3C3H9P.Rh/c6-2-1-3(7)5(9)10-4(2)8;3*1-4(2)3;/h;3*1-3H3;/q-1;;;;. The van der Waals surface area contributed by atoms with Crippen molar-refractivity contribution in [3.05, 3.63) is 29.6 Å². The molecule has 1 aromatic rings. The van der Waals surface area contributed by atoms with Gasteiger partial charge < -0.3 is 4.98 Å². The summed E-state index contributed by atoms with van der Waals surface area (Å²) in [4.78, 5) is 2.26. The normalized spacial score (nSPS) is 9.04. The third-order valence-electron chi connectivity index (χ3n) is 0.778. The zero-order valence-electron chi connectivity index (χ0n) is 15.1. The Morgan fingerprint density at radius 1 is 0.609 bits per heavy atom. The number of pyridine rings is 1. The van der Waals surface area contributed by atoms with E-state index >= 15 is 0 Å². The molecule has 0 aliphatic carbocycles. The molecule has 0 N–H and O–H groups in total. The molecule has 141 valence electrons. The Morgan fingerprint density at radius 3 is 0.913 bits per heavy atom. The van der Waals surface area contributed by atoms with Gasteiger partial charge in [0.05, 0.1) is 11.6 Å². The number of hydrogen-bond donors (Lipinski definition) is 0. The first-order chi connectivity index (χ1) is 9.81. The van der Waals surface area contributed by atoms with E-state index in [1.807, 2.05) is 0 Å². The van der Waals surface area contributed by atoms with Crippen molar-refractivity contribution in [2.24, 2.45) is 0 Å². The van der Waals surface area contributed by atoms with Crippen LogP contribution in [0.5, 0.6) is 0 Å². The van der Waals surface area contributed by atoms with E-state index in [1.54, 1.807) is 0 Å². The molecule has 1 heterocycles. The van der Waals surface area contributed by atoms with Crippen molar-refractivity contribution < 1.29 is 37.0 Å². The van der Waals surface area contributed by atoms with Gasteiger partial charge in [-0.2, -0.15) is 0 Å². The predicted molar refractivity (Wildman–Crippen MR) is 97.0 cm³/mol. The van der Waals surface area contributed by atoms with Gasteiger partial charge in [-0.3, -0.25) is 8.78 Å². The Morgan fingerprint density at radius 2 is 0.783 bits per heavy atom. The van der Waals surface area contributed by atoms with Crippen LogP contribution in [0.4, 0.5) is 17.6 Å². The Bertz CT molecular complexity index is 322. The number of hydrogen-bond acceptors (Lipinski definition) is 1. The molecule has 1 radical (unpaired) electrons. The minimum atomic E-state index is -1.70. The fourth-order valence-electron chi connectivity index (χ4n) is 0.384. The van der Waals surface area contributed by atoms with Crippen LogP contribution in [0.3, 0.4) is 0 Å². The molecule has 0 bridgehead atoms. The molecule has 0 aliphatic rings. The van der Waals surface area contributed by atoms with E-state index in [-0.39, 0.29) is 19.5 Å².